The number of unbranched alkanes of at least 4 members (excludes halogenated alkanes) is 1. The standard InChI is InChI=1S/C22H45N3Si.C20H39N3Si.CH3.Li/c1-2-3-22-26(23-16-10-4-5-11-17-23,24-18-12-6-7-13-19-24)25-20-14-8-9-15-21-25;1-2-24(21-15-9-3-4-10-16-21,22-17-11-5-6-12-18-22)23-19-13-7-8-14-20-23;;/h2-22H2,1H3;2H,1,3-20H2;1H3;/q;;-1;+1. The molecule has 0 aromatic rings. The summed E-state index contributed by atoms with van der Waals surface area (Å²) in [7, 11) is -3.61. The maximum Gasteiger partial charge on any atom is 1.00 e. The molecule has 0 aromatic heterocycles. The fourth-order valence-electron chi connectivity index (χ4n) is 11.0. The van der Waals surface area contributed by atoms with Crippen LogP contribution < -0.4 is 18.9 Å². The summed E-state index contributed by atoms with van der Waals surface area (Å²) in [6.45, 7) is 23.1. The molecular weight excluding hydrogens is 664 g/mol. The fourth-order valence-corrected chi connectivity index (χ4v) is 21.9. The molecule has 0 radical (unpaired) electrons. The molecule has 0 N–H and O–H groups in total. The molecule has 0 aliphatic carbocycles. The number of nitrogens with zero attached hydrogens (tertiary/aromatic N) is 6. The van der Waals surface area contributed by atoms with E-state index < -0.39 is 17.1 Å². The van der Waals surface area contributed by atoms with Crippen molar-refractivity contribution in [1.82, 2.24) is 27.4 Å². The van der Waals surface area contributed by atoms with Crippen molar-refractivity contribution in [3.63, 3.8) is 0 Å². The Bertz CT molecular complexity index is 779. The van der Waals surface area contributed by atoms with Gasteiger partial charge in [-0.3, -0.25) is 27.4 Å². The molecule has 6 nitrogen and oxygen atoms in total. The zero-order chi connectivity index (χ0) is 34.7. The average molecular weight is 751 g/mol. The Kier molecular flexibility index (Phi) is 23.9. The van der Waals surface area contributed by atoms with E-state index in [2.05, 4.69) is 46.6 Å². The van der Waals surface area contributed by atoms with Crippen molar-refractivity contribution in [1.29, 1.82) is 0 Å². The van der Waals surface area contributed by atoms with E-state index >= 15 is 0 Å². The van der Waals surface area contributed by atoms with Gasteiger partial charge in [0.2, 0.25) is 0 Å². The van der Waals surface area contributed by atoms with Crippen LogP contribution in [0.1, 0.15) is 174 Å². The molecule has 0 spiro atoms. The summed E-state index contributed by atoms with van der Waals surface area (Å²) in [5, 5.41) is 0. The van der Waals surface area contributed by atoms with Gasteiger partial charge in [0.1, 0.15) is 0 Å². The van der Waals surface area contributed by atoms with E-state index in [9.17, 15) is 0 Å². The van der Waals surface area contributed by atoms with Crippen molar-refractivity contribution < 1.29 is 18.9 Å². The van der Waals surface area contributed by atoms with Crippen LogP contribution in [0.4, 0.5) is 0 Å². The average Bonchev–Trinajstić information content (AvgIpc) is 3.87. The Morgan fingerprint density at radius 2 is 0.596 bits per heavy atom. The van der Waals surface area contributed by atoms with Gasteiger partial charge < -0.3 is 7.43 Å². The molecule has 0 saturated carbocycles. The van der Waals surface area contributed by atoms with Gasteiger partial charge in [-0.15, -0.1) is 6.58 Å². The Labute approximate surface area is 339 Å². The van der Waals surface area contributed by atoms with Crippen LogP contribution >= 0.6 is 0 Å². The van der Waals surface area contributed by atoms with Crippen molar-refractivity contribution in [3.8, 4) is 0 Å². The van der Waals surface area contributed by atoms with Crippen molar-refractivity contribution >= 4 is 17.1 Å². The van der Waals surface area contributed by atoms with Crippen LogP contribution in [-0.4, -0.2) is 123 Å². The zero-order valence-corrected chi connectivity index (χ0v) is 37.5. The van der Waals surface area contributed by atoms with E-state index in [-0.39, 0.29) is 26.3 Å². The first-order valence-electron chi connectivity index (χ1n) is 22.9. The quantitative estimate of drug-likeness (QED) is 0.174. The van der Waals surface area contributed by atoms with Crippen LogP contribution in [0.25, 0.3) is 0 Å². The van der Waals surface area contributed by atoms with Crippen LogP contribution in [0, 0.1) is 7.43 Å². The minimum atomic E-state index is -1.90. The van der Waals surface area contributed by atoms with E-state index in [1.54, 1.807) is 0 Å². The normalized spacial score (nSPS) is 25.6. The molecule has 9 heteroatoms. The summed E-state index contributed by atoms with van der Waals surface area (Å²) in [4.78, 5) is 0. The first-order valence-corrected chi connectivity index (χ1v) is 26.9. The van der Waals surface area contributed by atoms with Crippen LogP contribution in [0.2, 0.25) is 6.04 Å². The topological polar surface area (TPSA) is 19.4 Å². The molecule has 6 rings (SSSR count). The Balaban J connectivity index is 0.000000271. The van der Waals surface area contributed by atoms with Crippen molar-refractivity contribution in [2.24, 2.45) is 0 Å². The van der Waals surface area contributed by atoms with Gasteiger partial charge >= 0.3 is 27.4 Å². The first kappa shape index (κ1) is 46.9. The molecule has 0 aromatic carbocycles. The van der Waals surface area contributed by atoms with Gasteiger partial charge in [-0.25, -0.2) is 0 Å². The monoisotopic (exact) mass is 751 g/mol. The predicted octanol–water partition coefficient (Wildman–Crippen LogP) is 7.09. The maximum absolute atomic E-state index is 4.49. The fraction of sp³-hybridized carbons (Fsp3) is 0.930. The molecule has 0 unspecified atom stereocenters. The summed E-state index contributed by atoms with van der Waals surface area (Å²) in [6.07, 6.45) is 37.2. The minimum Gasteiger partial charge on any atom is -0.358 e. The van der Waals surface area contributed by atoms with E-state index in [1.165, 1.54) is 252 Å². The molecule has 6 fully saturated rings. The van der Waals surface area contributed by atoms with Crippen LogP contribution in [0.5, 0.6) is 0 Å². The Hall–Kier alpha value is 0.531. The number of hydrogen-bond donors (Lipinski definition) is 0. The van der Waals surface area contributed by atoms with Crippen LogP contribution in [-0.2, 0) is 0 Å². The molecular formula is C43H87LiN6Si2. The predicted molar refractivity (Wildman–Crippen MR) is 228 cm³/mol. The van der Waals surface area contributed by atoms with E-state index in [0.29, 0.717) is 0 Å². The van der Waals surface area contributed by atoms with Crippen molar-refractivity contribution in [3.05, 3.63) is 19.7 Å². The minimum absolute atomic E-state index is 0. The third-order valence-corrected chi connectivity index (χ3v) is 23.8. The van der Waals surface area contributed by atoms with E-state index in [1.807, 2.05) is 0 Å². The smallest absolute Gasteiger partial charge is 0.358 e. The van der Waals surface area contributed by atoms with E-state index in [0.717, 1.165) is 0 Å². The van der Waals surface area contributed by atoms with Gasteiger partial charge in [-0.05, 0) is 162 Å². The van der Waals surface area contributed by atoms with Crippen LogP contribution in [0.15, 0.2) is 12.3 Å². The van der Waals surface area contributed by atoms with Gasteiger partial charge in [-0.1, -0.05) is 103 Å². The summed E-state index contributed by atoms with van der Waals surface area (Å²) >= 11 is 0. The van der Waals surface area contributed by atoms with Gasteiger partial charge in [0, 0.05) is 0 Å². The van der Waals surface area contributed by atoms with Gasteiger partial charge in [0.05, 0.1) is 0 Å². The molecule has 6 aliphatic rings. The van der Waals surface area contributed by atoms with Gasteiger partial charge in [-0.2, -0.15) is 0 Å². The molecule has 52 heavy (non-hydrogen) atoms. The maximum atomic E-state index is 4.49. The van der Waals surface area contributed by atoms with Crippen LogP contribution in [0.3, 0.4) is 0 Å². The largest absolute Gasteiger partial charge is 1.00 e. The number of rotatable bonds is 10. The second-order valence-corrected chi connectivity index (χ2v) is 24.8. The summed E-state index contributed by atoms with van der Waals surface area (Å²) in [5.41, 5.74) is 2.47. The van der Waals surface area contributed by atoms with Crippen molar-refractivity contribution in [2.75, 3.05) is 78.5 Å². The third kappa shape index (κ3) is 12.8. The zero-order valence-electron chi connectivity index (χ0n) is 35.5. The third-order valence-electron chi connectivity index (χ3n) is 13.7. The summed E-state index contributed by atoms with van der Waals surface area (Å²) in [5.74, 6) is 0. The summed E-state index contributed by atoms with van der Waals surface area (Å²) < 4.78 is 18.2. The Morgan fingerprint density at radius 1 is 0.385 bits per heavy atom. The molecule has 6 saturated heterocycles. The van der Waals surface area contributed by atoms with Gasteiger partial charge in [0.15, 0.2) is 0 Å². The molecule has 0 amide bonds. The van der Waals surface area contributed by atoms with Gasteiger partial charge in [0.25, 0.3) is 8.56 Å². The number of hydrogen-bond acceptors (Lipinski definition) is 6. The second-order valence-electron chi connectivity index (χ2n) is 17.2. The molecule has 6 heterocycles. The SMILES string of the molecule is C=C[Si](N1CCCCCC1)(N1CCCCCC1)N1CCCCCC1.CCCC[Si](N1CCCCCC1)(N1CCCCCC1)N1CCCCCC1.[CH3-].[Li+]. The van der Waals surface area contributed by atoms with E-state index in [4.69, 9.17) is 0 Å². The summed E-state index contributed by atoms with van der Waals surface area (Å²) in [6, 6.07) is 1.50. The molecule has 298 valence electrons. The second kappa shape index (κ2) is 26.5. The molecule has 0 atom stereocenters. The molecule has 6 aliphatic heterocycles. The Morgan fingerprint density at radius 3 is 0.788 bits per heavy atom. The van der Waals surface area contributed by atoms with Crippen molar-refractivity contribution in [2.45, 2.75) is 180 Å². The molecule has 0 bridgehead atoms. The first-order chi connectivity index (χ1) is 24.8.